The molecule has 0 aliphatic rings. The Bertz CT molecular complexity index is 617. The van der Waals surface area contributed by atoms with Crippen LogP contribution in [0.25, 0.3) is 0 Å². The third kappa shape index (κ3) is 4.98. The summed E-state index contributed by atoms with van der Waals surface area (Å²) in [5.41, 5.74) is 5.29. The first-order valence-electron chi connectivity index (χ1n) is 6.48. The van der Waals surface area contributed by atoms with E-state index in [1.165, 1.54) is 6.92 Å². The van der Waals surface area contributed by atoms with Crippen molar-refractivity contribution < 1.29 is 17.6 Å². The van der Waals surface area contributed by atoms with E-state index in [1.807, 2.05) is 13.8 Å². The predicted molar refractivity (Wildman–Crippen MR) is 78.4 cm³/mol. The van der Waals surface area contributed by atoms with Gasteiger partial charge < -0.3 is 11.1 Å². The second-order valence-electron chi connectivity index (χ2n) is 5.16. The quantitative estimate of drug-likeness (QED) is 0.677. The fraction of sp³-hybridized carbons (Fsp3) is 0.462. The molecule has 21 heavy (non-hydrogen) atoms. The van der Waals surface area contributed by atoms with Gasteiger partial charge in [-0.15, -0.1) is 0 Å². The molecule has 0 fully saturated rings. The molecule has 0 aromatic heterocycles. The highest BCUT2D eigenvalue weighted by Gasteiger charge is 2.23. The normalized spacial score (nSPS) is 13.2. The number of carbonyl (C=O) groups excluding carboxylic acids is 1. The van der Waals surface area contributed by atoms with Crippen LogP contribution in [0.4, 0.5) is 10.1 Å². The summed E-state index contributed by atoms with van der Waals surface area (Å²) in [5, 5.41) is 2.62. The van der Waals surface area contributed by atoms with Gasteiger partial charge in [-0.1, -0.05) is 13.8 Å². The summed E-state index contributed by atoms with van der Waals surface area (Å²) in [6, 6.07) is 2.01. The van der Waals surface area contributed by atoms with Crippen LogP contribution in [0, 0.1) is 11.7 Å². The van der Waals surface area contributed by atoms with E-state index in [9.17, 15) is 17.6 Å². The number of nitrogen functional groups attached to an aromatic ring is 1. The van der Waals surface area contributed by atoms with Gasteiger partial charge in [-0.3, -0.25) is 4.79 Å². The molecular weight excluding hydrogens is 297 g/mol. The van der Waals surface area contributed by atoms with Crippen molar-refractivity contribution >= 4 is 21.6 Å². The number of hydrogen-bond donors (Lipinski definition) is 3. The number of halogens is 1. The molecular formula is C13H20FN3O3S. The lowest BCUT2D eigenvalue weighted by atomic mass is 10.2. The highest BCUT2D eigenvalue weighted by atomic mass is 32.2. The van der Waals surface area contributed by atoms with Gasteiger partial charge in [0.2, 0.25) is 15.9 Å². The molecule has 0 radical (unpaired) electrons. The Morgan fingerprint density at radius 3 is 2.48 bits per heavy atom. The smallest absolute Gasteiger partial charge is 0.243 e. The third-order valence-corrected chi connectivity index (χ3v) is 4.29. The highest BCUT2D eigenvalue weighted by molar-refractivity contribution is 7.89. The molecule has 4 N–H and O–H groups in total. The molecule has 1 unspecified atom stereocenters. The number of nitrogens with two attached hydrogens (primary N) is 1. The van der Waals surface area contributed by atoms with Gasteiger partial charge in [0.05, 0.1) is 11.7 Å². The lowest BCUT2D eigenvalue weighted by Crippen LogP contribution is -2.45. The summed E-state index contributed by atoms with van der Waals surface area (Å²) >= 11 is 0. The van der Waals surface area contributed by atoms with Crippen LogP contribution in [0.5, 0.6) is 0 Å². The third-order valence-electron chi connectivity index (χ3n) is 2.67. The Labute approximate surface area is 124 Å². The van der Waals surface area contributed by atoms with Crippen molar-refractivity contribution in [2.24, 2.45) is 5.92 Å². The first-order valence-corrected chi connectivity index (χ1v) is 7.97. The minimum Gasteiger partial charge on any atom is -0.398 e. The van der Waals surface area contributed by atoms with Gasteiger partial charge in [0, 0.05) is 6.54 Å². The van der Waals surface area contributed by atoms with Crippen LogP contribution in [-0.4, -0.2) is 26.9 Å². The van der Waals surface area contributed by atoms with Gasteiger partial charge in [-0.2, -0.15) is 4.72 Å². The molecule has 0 aliphatic heterocycles. The van der Waals surface area contributed by atoms with Gasteiger partial charge in [-0.05, 0) is 31.0 Å². The number of sulfonamides is 1. The number of benzene rings is 1. The zero-order valence-electron chi connectivity index (χ0n) is 12.2. The molecule has 1 aromatic rings. The lowest BCUT2D eigenvalue weighted by Gasteiger charge is -2.16. The van der Waals surface area contributed by atoms with Crippen molar-refractivity contribution in [3.63, 3.8) is 0 Å². The molecule has 0 heterocycles. The average molecular weight is 317 g/mol. The molecule has 1 atom stereocenters. The topological polar surface area (TPSA) is 101 Å². The Hall–Kier alpha value is -1.67. The van der Waals surface area contributed by atoms with E-state index < -0.39 is 27.8 Å². The highest BCUT2D eigenvalue weighted by Crippen LogP contribution is 2.19. The maximum atomic E-state index is 12.9. The molecule has 1 aromatic carbocycles. The maximum absolute atomic E-state index is 12.9. The van der Waals surface area contributed by atoms with E-state index in [0.717, 1.165) is 18.2 Å². The molecule has 0 spiro atoms. The molecule has 8 heteroatoms. The number of nitrogens with one attached hydrogen (secondary N) is 2. The average Bonchev–Trinajstić information content (AvgIpc) is 2.34. The monoisotopic (exact) mass is 317 g/mol. The number of amides is 1. The Morgan fingerprint density at radius 1 is 1.33 bits per heavy atom. The molecule has 0 aliphatic carbocycles. The van der Waals surface area contributed by atoms with Crippen LogP contribution in [0.2, 0.25) is 0 Å². The zero-order valence-corrected chi connectivity index (χ0v) is 13.0. The molecule has 1 rings (SSSR count). The van der Waals surface area contributed by atoms with Crippen molar-refractivity contribution in [2.45, 2.75) is 31.7 Å². The van der Waals surface area contributed by atoms with Crippen molar-refractivity contribution in [3.05, 3.63) is 24.0 Å². The van der Waals surface area contributed by atoms with Crippen LogP contribution in [0.15, 0.2) is 23.1 Å². The summed E-state index contributed by atoms with van der Waals surface area (Å²) in [6.45, 7) is 5.72. The number of rotatable bonds is 6. The summed E-state index contributed by atoms with van der Waals surface area (Å²) in [5.74, 6) is -0.812. The Kier molecular flexibility index (Phi) is 5.68. The second kappa shape index (κ2) is 6.86. The SMILES string of the molecule is CC(C)CNC(=O)C(C)NS(=O)(=O)c1ccc(F)cc1N. The van der Waals surface area contributed by atoms with Gasteiger partial charge in [0.15, 0.2) is 0 Å². The fourth-order valence-electron chi connectivity index (χ4n) is 1.57. The molecule has 6 nitrogen and oxygen atoms in total. The summed E-state index contributed by atoms with van der Waals surface area (Å²) in [6.07, 6.45) is 0. The van der Waals surface area contributed by atoms with Gasteiger partial charge in [0.25, 0.3) is 0 Å². The zero-order chi connectivity index (χ0) is 16.2. The first-order chi connectivity index (χ1) is 9.63. The van der Waals surface area contributed by atoms with Gasteiger partial charge >= 0.3 is 0 Å². The Balaban J connectivity index is 2.82. The Morgan fingerprint density at radius 2 is 1.95 bits per heavy atom. The standard InChI is InChI=1S/C13H20FN3O3S/c1-8(2)7-16-13(18)9(3)17-21(19,20)12-5-4-10(14)6-11(12)15/h4-6,8-9,17H,7,15H2,1-3H3,(H,16,18). The predicted octanol–water partition coefficient (Wildman–Crippen LogP) is 0.847. The van der Waals surface area contributed by atoms with E-state index in [0.29, 0.717) is 6.54 Å². The van der Waals surface area contributed by atoms with Crippen LogP contribution in [0.3, 0.4) is 0 Å². The molecule has 1 amide bonds. The van der Waals surface area contributed by atoms with E-state index in [4.69, 9.17) is 5.73 Å². The number of anilines is 1. The summed E-state index contributed by atoms with van der Waals surface area (Å²) in [7, 11) is -3.99. The minimum atomic E-state index is -3.99. The largest absolute Gasteiger partial charge is 0.398 e. The summed E-state index contributed by atoms with van der Waals surface area (Å²) < 4.78 is 39.4. The van der Waals surface area contributed by atoms with E-state index in [-0.39, 0.29) is 16.5 Å². The van der Waals surface area contributed by atoms with E-state index in [2.05, 4.69) is 10.0 Å². The molecule has 0 saturated carbocycles. The number of carbonyl (C=O) groups is 1. The lowest BCUT2D eigenvalue weighted by molar-refractivity contribution is -0.122. The van der Waals surface area contributed by atoms with Crippen molar-refractivity contribution in [2.75, 3.05) is 12.3 Å². The van der Waals surface area contributed by atoms with Crippen LogP contribution < -0.4 is 15.8 Å². The second-order valence-corrected chi connectivity index (χ2v) is 6.85. The summed E-state index contributed by atoms with van der Waals surface area (Å²) in [4.78, 5) is 11.5. The molecule has 0 bridgehead atoms. The maximum Gasteiger partial charge on any atom is 0.243 e. The van der Waals surface area contributed by atoms with E-state index >= 15 is 0 Å². The van der Waals surface area contributed by atoms with E-state index in [1.54, 1.807) is 0 Å². The van der Waals surface area contributed by atoms with Crippen LogP contribution >= 0.6 is 0 Å². The molecule has 0 saturated heterocycles. The molecule has 118 valence electrons. The fourth-order valence-corrected chi connectivity index (χ4v) is 2.89. The van der Waals surface area contributed by atoms with Crippen LogP contribution in [-0.2, 0) is 14.8 Å². The van der Waals surface area contributed by atoms with Crippen molar-refractivity contribution in [3.8, 4) is 0 Å². The van der Waals surface area contributed by atoms with Crippen LogP contribution in [0.1, 0.15) is 20.8 Å². The van der Waals surface area contributed by atoms with Gasteiger partial charge in [0.1, 0.15) is 10.7 Å². The minimum absolute atomic E-state index is 0.211. The van der Waals surface area contributed by atoms with Crippen molar-refractivity contribution in [1.82, 2.24) is 10.0 Å². The first kappa shape index (κ1) is 17.4. The van der Waals surface area contributed by atoms with Crippen molar-refractivity contribution in [1.29, 1.82) is 0 Å². The van der Waals surface area contributed by atoms with Gasteiger partial charge in [-0.25, -0.2) is 12.8 Å². The number of hydrogen-bond acceptors (Lipinski definition) is 4.